The van der Waals surface area contributed by atoms with E-state index in [2.05, 4.69) is 11.1 Å². The van der Waals surface area contributed by atoms with Crippen molar-refractivity contribution < 1.29 is 4.42 Å². The number of allylic oxidation sites excluding steroid dienone is 2. The lowest BCUT2D eigenvalue weighted by Gasteiger charge is -2.27. The fourth-order valence-corrected chi connectivity index (χ4v) is 3.40. The van der Waals surface area contributed by atoms with Crippen molar-refractivity contribution in [3.63, 3.8) is 0 Å². The molecule has 0 radical (unpaired) electrons. The van der Waals surface area contributed by atoms with Crippen molar-refractivity contribution in [2.75, 3.05) is 0 Å². The van der Waals surface area contributed by atoms with E-state index in [9.17, 15) is 5.26 Å². The zero-order valence-electron chi connectivity index (χ0n) is 14.4. The lowest BCUT2D eigenvalue weighted by atomic mass is 9.80. The fraction of sp³-hybridized carbons (Fsp3) is 0.200. The average molecular weight is 367 g/mol. The highest BCUT2D eigenvalue weighted by Crippen LogP contribution is 2.42. The number of rotatable bonds is 4. The van der Waals surface area contributed by atoms with Crippen LogP contribution < -0.4 is 11.5 Å². The number of nitriles is 1. The Morgan fingerprint density at radius 3 is 2.69 bits per heavy atom. The summed E-state index contributed by atoms with van der Waals surface area (Å²) in [4.78, 5) is 4.47. The third kappa shape index (κ3) is 3.12. The number of hydrogen-bond acceptors (Lipinski definition) is 5. The molecule has 132 valence electrons. The minimum atomic E-state index is -0.488. The van der Waals surface area contributed by atoms with Crippen LogP contribution in [-0.2, 0) is 0 Å². The van der Waals surface area contributed by atoms with Crippen LogP contribution in [0.4, 0.5) is 0 Å². The Labute approximate surface area is 157 Å². The van der Waals surface area contributed by atoms with E-state index < -0.39 is 5.92 Å². The van der Waals surface area contributed by atoms with E-state index in [0.717, 1.165) is 12.0 Å². The Kier molecular flexibility index (Phi) is 5.15. The van der Waals surface area contributed by atoms with Gasteiger partial charge < -0.3 is 15.9 Å². The first kappa shape index (κ1) is 17.8. The Morgan fingerprint density at radius 1 is 1.31 bits per heavy atom. The summed E-state index contributed by atoms with van der Waals surface area (Å²) in [5.41, 5.74) is 15.5. The van der Waals surface area contributed by atoms with Crippen molar-refractivity contribution in [3.8, 4) is 6.07 Å². The van der Waals surface area contributed by atoms with Crippen molar-refractivity contribution in [1.29, 1.82) is 5.26 Å². The maximum Gasteiger partial charge on any atom is 0.149 e. The Bertz CT molecular complexity index is 948. The van der Waals surface area contributed by atoms with Gasteiger partial charge in [0.15, 0.2) is 0 Å². The second-order valence-corrected chi connectivity index (χ2v) is 6.39. The maximum absolute atomic E-state index is 9.88. The summed E-state index contributed by atoms with van der Waals surface area (Å²) in [5.74, 6) is 0.274. The molecule has 4 N–H and O–H groups in total. The molecule has 0 saturated heterocycles. The number of amidine groups is 1. The summed E-state index contributed by atoms with van der Waals surface area (Å²) < 4.78 is 5.43. The van der Waals surface area contributed by atoms with Gasteiger partial charge in [-0.1, -0.05) is 43.1 Å². The first-order valence-electron chi connectivity index (χ1n) is 8.34. The first-order chi connectivity index (χ1) is 12.6. The molecule has 3 rings (SSSR count). The van der Waals surface area contributed by atoms with Crippen molar-refractivity contribution in [1.82, 2.24) is 0 Å². The molecule has 0 bridgehead atoms. The van der Waals surface area contributed by atoms with Crippen LogP contribution >= 0.6 is 11.6 Å². The van der Waals surface area contributed by atoms with Gasteiger partial charge in [0.25, 0.3) is 0 Å². The van der Waals surface area contributed by atoms with Crippen LogP contribution in [0.25, 0.3) is 5.70 Å². The molecule has 1 unspecified atom stereocenters. The lowest BCUT2D eigenvalue weighted by molar-refractivity contribution is 0.551. The summed E-state index contributed by atoms with van der Waals surface area (Å²) in [6.45, 7) is 2.03. The predicted molar refractivity (Wildman–Crippen MR) is 103 cm³/mol. The van der Waals surface area contributed by atoms with E-state index in [1.807, 2.05) is 25.1 Å². The third-order valence-corrected chi connectivity index (χ3v) is 4.66. The van der Waals surface area contributed by atoms with Gasteiger partial charge >= 0.3 is 0 Å². The average Bonchev–Trinajstić information content (AvgIpc) is 3.16. The Hall–Kier alpha value is -2.97. The third-order valence-electron chi connectivity index (χ3n) is 4.32. The summed E-state index contributed by atoms with van der Waals surface area (Å²) in [6, 6.07) is 13.2. The number of aliphatic imine (C=N–C) groups is 1. The molecule has 1 aromatic carbocycles. The van der Waals surface area contributed by atoms with Gasteiger partial charge in [0.2, 0.25) is 0 Å². The van der Waals surface area contributed by atoms with E-state index >= 15 is 0 Å². The van der Waals surface area contributed by atoms with Crippen LogP contribution in [0.15, 0.2) is 68.9 Å². The number of nitrogens with two attached hydrogens (primary N) is 2. The molecular formula is C20H19ClN4O. The van der Waals surface area contributed by atoms with Gasteiger partial charge in [-0.05, 0) is 30.2 Å². The molecular weight excluding hydrogens is 348 g/mol. The molecule has 1 aliphatic heterocycles. The molecule has 1 aliphatic rings. The number of halogens is 1. The molecule has 26 heavy (non-hydrogen) atoms. The normalized spacial score (nSPS) is 19.1. The van der Waals surface area contributed by atoms with Crippen LogP contribution in [0.3, 0.4) is 0 Å². The monoisotopic (exact) mass is 366 g/mol. The van der Waals surface area contributed by atoms with Gasteiger partial charge in [-0.15, -0.1) is 0 Å². The zero-order chi connectivity index (χ0) is 18.7. The largest absolute Gasteiger partial charge is 0.463 e. The van der Waals surface area contributed by atoms with Gasteiger partial charge in [0, 0.05) is 10.6 Å². The zero-order valence-corrected chi connectivity index (χ0v) is 15.1. The number of benzene rings is 1. The molecule has 1 aromatic heterocycles. The standard InChI is InChI=1S/C20H19ClN4O/c1-2-6-15-13(11-22)17(12-7-3-4-8-14(12)21)18(20(24)25-15)19(23)16-9-5-10-26-16/h3-5,7-10,17H,2,6,23H2,1H3,(H2,24,25)/b19-18-. The van der Waals surface area contributed by atoms with Gasteiger partial charge in [-0.3, -0.25) is 0 Å². The van der Waals surface area contributed by atoms with Crippen LogP contribution in [-0.4, -0.2) is 5.84 Å². The molecule has 0 fully saturated rings. The smallest absolute Gasteiger partial charge is 0.149 e. The summed E-state index contributed by atoms with van der Waals surface area (Å²) in [6.07, 6.45) is 3.03. The summed E-state index contributed by atoms with van der Waals surface area (Å²) in [5, 5.41) is 10.4. The highest BCUT2D eigenvalue weighted by atomic mass is 35.5. The molecule has 6 heteroatoms. The molecule has 2 heterocycles. The Balaban J connectivity index is 2.31. The van der Waals surface area contributed by atoms with Gasteiger partial charge in [0.1, 0.15) is 11.6 Å². The van der Waals surface area contributed by atoms with Gasteiger partial charge in [0.05, 0.1) is 35.2 Å². The van der Waals surface area contributed by atoms with Crippen LogP contribution in [0.5, 0.6) is 0 Å². The summed E-state index contributed by atoms with van der Waals surface area (Å²) in [7, 11) is 0. The SMILES string of the molecule is CCCC1=C(C#N)C(c2ccccc2Cl)/C(=C(/N)c2ccco2)C(N)=N1. The minimum absolute atomic E-state index is 0.284. The van der Waals surface area contributed by atoms with Crippen LogP contribution in [0, 0.1) is 11.3 Å². The highest BCUT2D eigenvalue weighted by Gasteiger charge is 2.34. The first-order valence-corrected chi connectivity index (χ1v) is 8.71. The second kappa shape index (κ2) is 7.51. The van der Waals surface area contributed by atoms with Crippen LogP contribution in [0.1, 0.15) is 37.0 Å². The van der Waals surface area contributed by atoms with Crippen molar-refractivity contribution in [2.45, 2.75) is 25.7 Å². The van der Waals surface area contributed by atoms with Gasteiger partial charge in [-0.25, -0.2) is 4.99 Å². The topological polar surface area (TPSA) is 101 Å². The molecule has 0 amide bonds. The molecule has 0 aliphatic carbocycles. The number of hydrogen-bond donors (Lipinski definition) is 2. The van der Waals surface area contributed by atoms with Crippen molar-refractivity contribution in [2.24, 2.45) is 16.5 Å². The predicted octanol–water partition coefficient (Wildman–Crippen LogP) is 4.34. The second-order valence-electron chi connectivity index (χ2n) is 5.98. The molecule has 1 atom stereocenters. The molecule has 5 nitrogen and oxygen atoms in total. The van der Waals surface area contributed by atoms with Crippen molar-refractivity contribution >= 4 is 23.1 Å². The molecule has 0 saturated carbocycles. The number of nitrogens with zero attached hydrogens (tertiary/aromatic N) is 2. The highest BCUT2D eigenvalue weighted by molar-refractivity contribution is 6.31. The number of furan rings is 1. The molecule has 2 aromatic rings. The minimum Gasteiger partial charge on any atom is -0.463 e. The quantitative estimate of drug-likeness (QED) is 0.840. The maximum atomic E-state index is 9.88. The van der Waals surface area contributed by atoms with Crippen LogP contribution in [0.2, 0.25) is 5.02 Å². The van der Waals surface area contributed by atoms with E-state index in [0.29, 0.717) is 39.7 Å². The van der Waals surface area contributed by atoms with E-state index in [-0.39, 0.29) is 5.84 Å². The summed E-state index contributed by atoms with van der Waals surface area (Å²) >= 11 is 6.45. The fourth-order valence-electron chi connectivity index (χ4n) is 3.16. The molecule has 0 spiro atoms. The van der Waals surface area contributed by atoms with E-state index in [1.165, 1.54) is 6.26 Å². The lowest BCUT2D eigenvalue weighted by Crippen LogP contribution is -2.28. The van der Waals surface area contributed by atoms with E-state index in [4.69, 9.17) is 27.5 Å². The Morgan fingerprint density at radius 2 is 2.08 bits per heavy atom. The van der Waals surface area contributed by atoms with Crippen molar-refractivity contribution in [3.05, 3.63) is 75.9 Å². The van der Waals surface area contributed by atoms with E-state index in [1.54, 1.807) is 18.2 Å². The van der Waals surface area contributed by atoms with Gasteiger partial charge in [-0.2, -0.15) is 5.26 Å².